The van der Waals surface area contributed by atoms with Crippen molar-refractivity contribution in [3.8, 4) is 0 Å². The van der Waals surface area contributed by atoms with E-state index in [0.717, 1.165) is 17.3 Å². The zero-order valence-corrected chi connectivity index (χ0v) is 16.5. The van der Waals surface area contributed by atoms with E-state index in [1.165, 1.54) is 10.5 Å². The number of hydrogen-bond donors (Lipinski definition) is 1. The van der Waals surface area contributed by atoms with Crippen molar-refractivity contribution in [2.75, 3.05) is 11.4 Å². The van der Waals surface area contributed by atoms with Crippen molar-refractivity contribution in [2.24, 2.45) is 0 Å². The van der Waals surface area contributed by atoms with Crippen LogP contribution in [0.15, 0.2) is 46.9 Å². The SMILES string of the molecule is CCCc1ccc(C(=O)C[C@]2(O)C(=O)N(CC)c3ccc(Br)cc32)cc1. The molecule has 1 amide bonds. The maximum absolute atomic E-state index is 12.8. The average Bonchev–Trinajstić information content (AvgIpc) is 2.83. The number of halogens is 1. The molecule has 26 heavy (non-hydrogen) atoms. The lowest BCUT2D eigenvalue weighted by atomic mass is 9.88. The lowest BCUT2D eigenvalue weighted by Gasteiger charge is -2.22. The van der Waals surface area contributed by atoms with Crippen LogP contribution in [0.3, 0.4) is 0 Å². The number of rotatable bonds is 6. The predicted octanol–water partition coefficient (Wildman–Crippen LogP) is 4.23. The summed E-state index contributed by atoms with van der Waals surface area (Å²) in [5.74, 6) is -0.683. The molecule has 0 saturated heterocycles. The topological polar surface area (TPSA) is 57.6 Å². The lowest BCUT2D eigenvalue weighted by molar-refractivity contribution is -0.135. The van der Waals surface area contributed by atoms with Crippen molar-refractivity contribution in [2.45, 2.75) is 38.7 Å². The summed E-state index contributed by atoms with van der Waals surface area (Å²) in [6.07, 6.45) is 1.74. The Hall–Kier alpha value is -1.98. The van der Waals surface area contributed by atoms with E-state index < -0.39 is 11.5 Å². The van der Waals surface area contributed by atoms with Gasteiger partial charge in [-0.05, 0) is 37.1 Å². The van der Waals surface area contributed by atoms with Crippen LogP contribution in [0, 0.1) is 0 Å². The van der Waals surface area contributed by atoms with E-state index >= 15 is 0 Å². The van der Waals surface area contributed by atoms with Gasteiger partial charge in [-0.1, -0.05) is 53.5 Å². The fourth-order valence-corrected chi connectivity index (χ4v) is 3.85. The van der Waals surface area contributed by atoms with E-state index in [4.69, 9.17) is 0 Å². The first-order valence-electron chi connectivity index (χ1n) is 8.87. The minimum Gasteiger partial charge on any atom is -0.375 e. The van der Waals surface area contributed by atoms with Gasteiger partial charge in [0, 0.05) is 22.1 Å². The molecule has 1 atom stereocenters. The van der Waals surface area contributed by atoms with Gasteiger partial charge in [0.1, 0.15) is 0 Å². The first-order chi connectivity index (χ1) is 12.4. The van der Waals surface area contributed by atoms with E-state index in [1.54, 1.807) is 24.3 Å². The number of nitrogens with zero attached hydrogens (tertiary/aromatic N) is 1. The molecule has 0 spiro atoms. The van der Waals surface area contributed by atoms with Crippen LogP contribution in [-0.4, -0.2) is 23.3 Å². The number of aliphatic hydroxyl groups is 1. The quantitative estimate of drug-likeness (QED) is 0.718. The van der Waals surface area contributed by atoms with Crippen molar-refractivity contribution in [1.29, 1.82) is 0 Å². The van der Waals surface area contributed by atoms with Crippen molar-refractivity contribution in [1.82, 2.24) is 0 Å². The molecule has 1 aliphatic heterocycles. The standard InChI is InChI=1S/C21H22BrNO3/c1-3-5-14-6-8-15(9-7-14)19(24)13-21(26)17-12-16(22)10-11-18(17)23(4-2)20(21)25/h6-12,26H,3-5,13H2,1-2H3/t21-/m1/s1. The summed E-state index contributed by atoms with van der Waals surface area (Å²) in [4.78, 5) is 27.1. The van der Waals surface area contributed by atoms with E-state index in [0.29, 0.717) is 23.4 Å². The van der Waals surface area contributed by atoms with Crippen LogP contribution in [-0.2, 0) is 16.8 Å². The van der Waals surface area contributed by atoms with Crippen molar-refractivity contribution in [3.05, 3.63) is 63.6 Å². The van der Waals surface area contributed by atoms with Gasteiger partial charge in [-0.15, -0.1) is 0 Å². The third-order valence-electron chi connectivity index (χ3n) is 4.84. The average molecular weight is 416 g/mol. The first kappa shape index (κ1) is 18.8. The Balaban J connectivity index is 1.92. The fraction of sp³-hybridized carbons (Fsp3) is 0.333. The Labute approximate surface area is 162 Å². The minimum atomic E-state index is -1.83. The Bertz CT molecular complexity index is 847. The molecule has 5 heteroatoms. The highest BCUT2D eigenvalue weighted by molar-refractivity contribution is 9.10. The monoisotopic (exact) mass is 415 g/mol. The van der Waals surface area contributed by atoms with Gasteiger partial charge in [0.2, 0.25) is 0 Å². The van der Waals surface area contributed by atoms with E-state index in [1.807, 2.05) is 25.1 Å². The molecule has 0 saturated carbocycles. The number of anilines is 1. The Kier molecular flexibility index (Phi) is 5.30. The van der Waals surface area contributed by atoms with Crippen LogP contribution in [0.4, 0.5) is 5.69 Å². The third-order valence-corrected chi connectivity index (χ3v) is 5.33. The predicted molar refractivity (Wildman–Crippen MR) is 105 cm³/mol. The summed E-state index contributed by atoms with van der Waals surface area (Å²) in [5.41, 5.74) is 1.00. The molecule has 0 bridgehead atoms. The zero-order chi connectivity index (χ0) is 18.9. The molecule has 2 aromatic rings. The van der Waals surface area contributed by atoms with Crippen LogP contribution in [0.5, 0.6) is 0 Å². The summed E-state index contributed by atoms with van der Waals surface area (Å²) in [5, 5.41) is 11.2. The summed E-state index contributed by atoms with van der Waals surface area (Å²) >= 11 is 3.39. The Morgan fingerprint density at radius 1 is 1.15 bits per heavy atom. The molecule has 1 heterocycles. The molecule has 2 aromatic carbocycles. The second-order valence-electron chi connectivity index (χ2n) is 6.62. The number of fused-ring (bicyclic) bond motifs is 1. The number of aryl methyl sites for hydroxylation is 1. The van der Waals surface area contributed by atoms with Gasteiger partial charge in [-0.25, -0.2) is 0 Å². The molecule has 1 aliphatic rings. The van der Waals surface area contributed by atoms with Gasteiger partial charge < -0.3 is 10.0 Å². The molecular weight excluding hydrogens is 394 g/mol. The van der Waals surface area contributed by atoms with Crippen LogP contribution < -0.4 is 4.90 Å². The zero-order valence-electron chi connectivity index (χ0n) is 15.0. The maximum Gasteiger partial charge on any atom is 0.264 e. The molecule has 1 N–H and O–H groups in total. The van der Waals surface area contributed by atoms with Gasteiger partial charge >= 0.3 is 0 Å². The number of benzene rings is 2. The van der Waals surface area contributed by atoms with Crippen LogP contribution >= 0.6 is 15.9 Å². The number of carbonyl (C=O) groups excluding carboxylic acids is 2. The van der Waals surface area contributed by atoms with Crippen LogP contribution in [0.25, 0.3) is 0 Å². The minimum absolute atomic E-state index is 0.243. The van der Waals surface area contributed by atoms with Crippen molar-refractivity contribution >= 4 is 33.3 Å². The van der Waals surface area contributed by atoms with Gasteiger partial charge in [0.05, 0.1) is 12.1 Å². The van der Waals surface area contributed by atoms with Gasteiger partial charge in [-0.2, -0.15) is 0 Å². The number of carbonyl (C=O) groups is 2. The molecule has 0 fully saturated rings. The first-order valence-corrected chi connectivity index (χ1v) is 9.66. The third kappa shape index (κ3) is 3.21. The molecule has 4 nitrogen and oxygen atoms in total. The van der Waals surface area contributed by atoms with Gasteiger partial charge in [0.15, 0.2) is 11.4 Å². The molecule has 3 rings (SSSR count). The maximum atomic E-state index is 12.8. The van der Waals surface area contributed by atoms with Crippen LogP contribution in [0.1, 0.15) is 48.2 Å². The number of likely N-dealkylation sites (N-methyl/N-ethyl adjacent to an activating group) is 1. The molecule has 0 unspecified atom stereocenters. The summed E-state index contributed by atoms with van der Waals surface area (Å²) in [6.45, 7) is 4.40. The number of hydrogen-bond acceptors (Lipinski definition) is 3. The van der Waals surface area contributed by atoms with E-state index in [2.05, 4.69) is 22.9 Å². The second kappa shape index (κ2) is 7.33. The second-order valence-corrected chi connectivity index (χ2v) is 7.53. The molecule has 0 aromatic heterocycles. The van der Waals surface area contributed by atoms with Gasteiger partial charge in [-0.3, -0.25) is 9.59 Å². The summed E-state index contributed by atoms with van der Waals surface area (Å²) in [7, 11) is 0. The van der Waals surface area contributed by atoms with Crippen molar-refractivity contribution < 1.29 is 14.7 Å². The normalized spacial score (nSPS) is 18.9. The lowest BCUT2D eigenvalue weighted by Crippen LogP contribution is -2.41. The van der Waals surface area contributed by atoms with Crippen LogP contribution in [0.2, 0.25) is 0 Å². The fourth-order valence-electron chi connectivity index (χ4n) is 3.49. The van der Waals surface area contributed by atoms with Crippen molar-refractivity contribution in [3.63, 3.8) is 0 Å². The molecular formula is C21H22BrNO3. The number of amides is 1. The Morgan fingerprint density at radius 3 is 2.46 bits per heavy atom. The molecule has 136 valence electrons. The largest absolute Gasteiger partial charge is 0.375 e. The highest BCUT2D eigenvalue weighted by Gasteiger charge is 2.50. The molecule has 0 aliphatic carbocycles. The Morgan fingerprint density at radius 2 is 1.85 bits per heavy atom. The summed E-state index contributed by atoms with van der Waals surface area (Å²) < 4.78 is 0.761. The smallest absolute Gasteiger partial charge is 0.264 e. The highest BCUT2D eigenvalue weighted by atomic mass is 79.9. The summed E-state index contributed by atoms with van der Waals surface area (Å²) in [6, 6.07) is 12.8. The van der Waals surface area contributed by atoms with E-state index in [9.17, 15) is 14.7 Å². The molecule has 0 radical (unpaired) electrons. The number of ketones is 1. The van der Waals surface area contributed by atoms with Gasteiger partial charge in [0.25, 0.3) is 5.91 Å². The highest BCUT2D eigenvalue weighted by Crippen LogP contribution is 2.44. The van der Waals surface area contributed by atoms with E-state index in [-0.39, 0.29) is 12.2 Å². The number of Topliss-reactive ketones (excluding diaryl/α,β-unsaturated/α-hetero) is 1.